The van der Waals surface area contributed by atoms with E-state index in [1.165, 1.54) is 5.56 Å². The van der Waals surface area contributed by atoms with Gasteiger partial charge in [0.2, 0.25) is 5.88 Å². The highest BCUT2D eigenvalue weighted by molar-refractivity contribution is 5.96. The molecule has 0 atom stereocenters. The van der Waals surface area contributed by atoms with Crippen LogP contribution in [0.2, 0.25) is 0 Å². The van der Waals surface area contributed by atoms with Gasteiger partial charge in [0.15, 0.2) is 5.82 Å². The second-order valence-corrected chi connectivity index (χ2v) is 9.08. The molecule has 188 valence electrons. The molecular weight excluding hydrogens is 464 g/mol. The summed E-state index contributed by atoms with van der Waals surface area (Å²) in [5, 5.41) is 0. The van der Waals surface area contributed by atoms with Crippen molar-refractivity contribution in [2.75, 3.05) is 38.2 Å². The third kappa shape index (κ3) is 5.26. The number of anilines is 1. The molecule has 4 aromatic rings. The van der Waals surface area contributed by atoms with E-state index in [1.54, 1.807) is 13.3 Å². The van der Waals surface area contributed by atoms with Crippen molar-refractivity contribution in [3.05, 3.63) is 95.7 Å². The molecule has 0 spiro atoms. The van der Waals surface area contributed by atoms with Crippen LogP contribution in [-0.4, -0.2) is 54.1 Å². The van der Waals surface area contributed by atoms with Crippen LogP contribution in [0.4, 0.5) is 5.69 Å². The summed E-state index contributed by atoms with van der Waals surface area (Å²) in [7, 11) is 1.68. The lowest BCUT2D eigenvalue weighted by atomic mass is 10.1. The van der Waals surface area contributed by atoms with Crippen molar-refractivity contribution in [3.63, 3.8) is 0 Å². The Labute approximate surface area is 217 Å². The number of amides is 1. The highest BCUT2D eigenvalue weighted by Crippen LogP contribution is 2.31. The molecule has 0 aliphatic carbocycles. The van der Waals surface area contributed by atoms with Crippen molar-refractivity contribution in [2.24, 2.45) is 0 Å². The summed E-state index contributed by atoms with van der Waals surface area (Å²) in [5.41, 5.74) is 4.52. The van der Waals surface area contributed by atoms with E-state index in [0.29, 0.717) is 43.3 Å². The normalized spacial score (nSPS) is 13.4. The minimum absolute atomic E-state index is 0.141. The van der Waals surface area contributed by atoms with Crippen LogP contribution >= 0.6 is 0 Å². The number of hydrogen-bond donors (Lipinski definition) is 0. The van der Waals surface area contributed by atoms with E-state index in [4.69, 9.17) is 9.47 Å². The first kappa shape index (κ1) is 24.3. The van der Waals surface area contributed by atoms with Gasteiger partial charge in [-0.25, -0.2) is 4.98 Å². The van der Waals surface area contributed by atoms with Gasteiger partial charge in [-0.3, -0.25) is 4.79 Å². The maximum absolute atomic E-state index is 13.7. The number of carbonyl (C=O) groups excluding carboxylic acids is 1. The molecule has 1 aromatic heterocycles. The monoisotopic (exact) mass is 494 g/mol. The molecule has 0 N–H and O–H groups in total. The Bertz CT molecular complexity index is 1400. The van der Waals surface area contributed by atoms with Gasteiger partial charge in [-0.2, -0.15) is 4.98 Å². The van der Waals surface area contributed by atoms with E-state index in [2.05, 4.69) is 21.8 Å². The smallest absolute Gasteiger partial charge is 0.261 e. The fourth-order valence-electron chi connectivity index (χ4n) is 4.42. The van der Waals surface area contributed by atoms with Crippen molar-refractivity contribution in [1.82, 2.24) is 14.9 Å². The van der Waals surface area contributed by atoms with Crippen LogP contribution in [0.25, 0.3) is 11.4 Å². The second kappa shape index (κ2) is 10.7. The zero-order valence-corrected chi connectivity index (χ0v) is 21.3. The topological polar surface area (TPSA) is 67.8 Å². The Morgan fingerprint density at radius 1 is 0.865 bits per heavy atom. The molecule has 7 heteroatoms. The molecule has 5 rings (SSSR count). The number of carbonyl (C=O) groups is 1. The van der Waals surface area contributed by atoms with Gasteiger partial charge in [0, 0.05) is 37.9 Å². The average Bonchev–Trinajstić information content (AvgIpc) is 2.95. The largest absolute Gasteiger partial charge is 0.495 e. The number of aromatic nitrogens is 2. The van der Waals surface area contributed by atoms with Crippen LogP contribution in [0.3, 0.4) is 0 Å². The van der Waals surface area contributed by atoms with E-state index in [-0.39, 0.29) is 11.8 Å². The van der Waals surface area contributed by atoms with Crippen LogP contribution in [0.1, 0.15) is 21.5 Å². The minimum atomic E-state index is -0.141. The van der Waals surface area contributed by atoms with Crippen LogP contribution in [0.15, 0.2) is 79.0 Å². The summed E-state index contributed by atoms with van der Waals surface area (Å²) >= 11 is 0. The van der Waals surface area contributed by atoms with Crippen LogP contribution in [-0.2, 0) is 0 Å². The number of nitrogens with zero attached hydrogens (tertiary/aromatic N) is 4. The lowest BCUT2D eigenvalue weighted by Gasteiger charge is -2.36. The fourth-order valence-corrected chi connectivity index (χ4v) is 4.42. The van der Waals surface area contributed by atoms with Crippen molar-refractivity contribution < 1.29 is 14.3 Å². The molecule has 7 nitrogen and oxygen atoms in total. The molecule has 3 aromatic carbocycles. The van der Waals surface area contributed by atoms with Gasteiger partial charge in [-0.15, -0.1) is 0 Å². The summed E-state index contributed by atoms with van der Waals surface area (Å²) in [6, 6.07) is 23.5. The Kier molecular flexibility index (Phi) is 7.03. The first-order valence-electron chi connectivity index (χ1n) is 12.4. The number of ether oxygens (including phenoxy) is 2. The quantitative estimate of drug-likeness (QED) is 0.351. The first-order valence-corrected chi connectivity index (χ1v) is 12.4. The maximum atomic E-state index is 13.7. The Morgan fingerprint density at radius 3 is 2.32 bits per heavy atom. The molecule has 1 aliphatic heterocycles. The molecule has 1 saturated heterocycles. The average molecular weight is 495 g/mol. The Balaban J connectivity index is 1.41. The molecule has 0 saturated carbocycles. The Hall–Kier alpha value is -4.39. The summed E-state index contributed by atoms with van der Waals surface area (Å²) < 4.78 is 11.7. The number of benzene rings is 3. The number of para-hydroxylation sites is 2. The van der Waals surface area contributed by atoms with Crippen LogP contribution < -0.4 is 14.4 Å². The van der Waals surface area contributed by atoms with Crippen molar-refractivity contribution >= 4 is 11.6 Å². The molecule has 37 heavy (non-hydrogen) atoms. The molecule has 1 aliphatic rings. The summed E-state index contributed by atoms with van der Waals surface area (Å²) in [6.07, 6.45) is 1.58. The molecule has 1 fully saturated rings. The molecule has 2 heterocycles. The number of methoxy groups -OCH3 is 1. The zero-order chi connectivity index (χ0) is 25.8. The predicted molar refractivity (Wildman–Crippen MR) is 145 cm³/mol. The summed E-state index contributed by atoms with van der Waals surface area (Å²) in [5.74, 6) is 2.09. The standard InChI is InChI=1S/C30H30N4O3/c1-21-13-14-24(19-22(21)2)37-29-25(20-31-28(32-29)23-9-5-4-6-10-23)30(35)34-17-15-33(16-18-34)26-11-7-8-12-27(26)36-3/h4-14,19-20H,15-18H2,1-3H3. The van der Waals surface area contributed by atoms with E-state index < -0.39 is 0 Å². The Morgan fingerprint density at radius 2 is 1.59 bits per heavy atom. The second-order valence-electron chi connectivity index (χ2n) is 9.08. The van der Waals surface area contributed by atoms with Gasteiger partial charge in [-0.05, 0) is 49.2 Å². The van der Waals surface area contributed by atoms with Crippen LogP contribution in [0, 0.1) is 13.8 Å². The van der Waals surface area contributed by atoms with Crippen molar-refractivity contribution in [3.8, 4) is 28.8 Å². The van der Waals surface area contributed by atoms with Gasteiger partial charge < -0.3 is 19.3 Å². The van der Waals surface area contributed by atoms with E-state index in [1.807, 2.05) is 84.6 Å². The molecule has 1 amide bonds. The van der Waals surface area contributed by atoms with Crippen molar-refractivity contribution in [2.45, 2.75) is 13.8 Å². The third-order valence-electron chi connectivity index (χ3n) is 6.70. The fraction of sp³-hybridized carbons (Fsp3) is 0.233. The predicted octanol–water partition coefficient (Wildman–Crippen LogP) is 5.52. The van der Waals surface area contributed by atoms with Crippen molar-refractivity contribution in [1.29, 1.82) is 0 Å². The van der Waals surface area contributed by atoms with E-state index in [0.717, 1.165) is 22.6 Å². The summed E-state index contributed by atoms with van der Waals surface area (Å²) in [6.45, 7) is 6.62. The zero-order valence-electron chi connectivity index (χ0n) is 21.3. The first-order chi connectivity index (χ1) is 18.0. The van der Waals surface area contributed by atoms with Gasteiger partial charge in [-0.1, -0.05) is 48.5 Å². The lowest BCUT2D eigenvalue weighted by Crippen LogP contribution is -2.49. The summed E-state index contributed by atoms with van der Waals surface area (Å²) in [4.78, 5) is 26.9. The minimum Gasteiger partial charge on any atom is -0.495 e. The molecule has 0 unspecified atom stereocenters. The van der Waals surface area contributed by atoms with Crippen LogP contribution in [0.5, 0.6) is 17.4 Å². The number of aryl methyl sites for hydroxylation is 2. The third-order valence-corrected chi connectivity index (χ3v) is 6.70. The highest BCUT2D eigenvalue weighted by Gasteiger charge is 2.27. The van der Waals surface area contributed by atoms with Gasteiger partial charge in [0.05, 0.1) is 12.8 Å². The van der Waals surface area contributed by atoms with Gasteiger partial charge in [0.25, 0.3) is 5.91 Å². The van der Waals surface area contributed by atoms with E-state index >= 15 is 0 Å². The highest BCUT2D eigenvalue weighted by atomic mass is 16.5. The maximum Gasteiger partial charge on any atom is 0.261 e. The molecule has 0 bridgehead atoms. The molecular formula is C30H30N4O3. The number of piperazine rings is 1. The SMILES string of the molecule is COc1ccccc1N1CCN(C(=O)c2cnc(-c3ccccc3)nc2Oc2ccc(C)c(C)c2)CC1. The van der Waals surface area contributed by atoms with E-state index in [9.17, 15) is 4.79 Å². The number of hydrogen-bond acceptors (Lipinski definition) is 6. The number of rotatable bonds is 6. The lowest BCUT2D eigenvalue weighted by molar-refractivity contribution is 0.0743. The van der Waals surface area contributed by atoms with Gasteiger partial charge in [0.1, 0.15) is 17.1 Å². The molecule has 0 radical (unpaired) electrons. The van der Waals surface area contributed by atoms with Gasteiger partial charge >= 0.3 is 0 Å².